The lowest BCUT2D eigenvalue weighted by molar-refractivity contribution is -0.134. The molecule has 1 saturated heterocycles. The maximum absolute atomic E-state index is 11.8. The van der Waals surface area contributed by atoms with E-state index in [1.165, 1.54) is 0 Å². The van der Waals surface area contributed by atoms with Gasteiger partial charge in [0, 0.05) is 6.54 Å². The molecule has 1 aliphatic rings. The maximum atomic E-state index is 11.8. The highest BCUT2D eigenvalue weighted by molar-refractivity contribution is 6.08. The molecule has 0 saturated carbocycles. The van der Waals surface area contributed by atoms with E-state index < -0.39 is 29.5 Å². The Kier molecular flexibility index (Phi) is 4.88. The molecule has 7 heteroatoms. The summed E-state index contributed by atoms with van der Waals surface area (Å²) in [6.45, 7) is 4.89. The van der Waals surface area contributed by atoms with E-state index in [0.717, 1.165) is 11.3 Å². The number of carbonyl (C=O) groups excluding carboxylic acids is 3. The second kappa shape index (κ2) is 6.01. The summed E-state index contributed by atoms with van der Waals surface area (Å²) >= 11 is 0. The summed E-state index contributed by atoms with van der Waals surface area (Å²) in [4.78, 5) is 35.9. The molecular formula is C12H21N3O4. The number of rotatable bonds is 6. The maximum Gasteiger partial charge on any atom is 0.325 e. The zero-order chi connectivity index (χ0) is 14.6. The topological polar surface area (TPSA) is 98.7 Å². The third-order valence-electron chi connectivity index (χ3n) is 2.90. The van der Waals surface area contributed by atoms with E-state index in [2.05, 4.69) is 10.6 Å². The van der Waals surface area contributed by atoms with Crippen LogP contribution in [0.5, 0.6) is 0 Å². The number of aliphatic hydroxyl groups excluding tert-OH is 1. The minimum absolute atomic E-state index is 0.125. The monoisotopic (exact) mass is 271 g/mol. The number of urea groups is 1. The molecule has 0 radical (unpaired) electrons. The first-order valence-corrected chi connectivity index (χ1v) is 6.36. The van der Waals surface area contributed by atoms with Crippen molar-refractivity contribution in [2.75, 3.05) is 13.1 Å². The molecule has 1 aliphatic heterocycles. The third kappa shape index (κ3) is 3.92. The summed E-state index contributed by atoms with van der Waals surface area (Å²) in [5.74, 6) is -0.891. The van der Waals surface area contributed by atoms with Gasteiger partial charge >= 0.3 is 6.03 Å². The minimum Gasteiger partial charge on any atom is -0.391 e. The number of amides is 4. The fraction of sp³-hybridized carbons (Fsp3) is 0.750. The number of aliphatic hydroxyl groups is 1. The summed E-state index contributed by atoms with van der Waals surface area (Å²) in [6, 6.07) is -0.570. The molecule has 0 aromatic rings. The molecule has 3 N–H and O–H groups in total. The van der Waals surface area contributed by atoms with Gasteiger partial charge in [-0.15, -0.1) is 0 Å². The van der Waals surface area contributed by atoms with Crippen molar-refractivity contribution in [3.63, 3.8) is 0 Å². The average Bonchev–Trinajstić information content (AvgIpc) is 2.49. The van der Waals surface area contributed by atoms with E-state index in [1.54, 1.807) is 13.8 Å². The summed E-state index contributed by atoms with van der Waals surface area (Å²) < 4.78 is 0. The van der Waals surface area contributed by atoms with Gasteiger partial charge in [-0.1, -0.05) is 13.3 Å². The van der Waals surface area contributed by atoms with Crippen LogP contribution in [-0.2, 0) is 9.59 Å². The highest BCUT2D eigenvalue weighted by Gasteiger charge is 2.44. The molecule has 7 nitrogen and oxygen atoms in total. The molecule has 0 aromatic heterocycles. The van der Waals surface area contributed by atoms with Gasteiger partial charge in [-0.25, -0.2) is 4.79 Å². The molecule has 108 valence electrons. The van der Waals surface area contributed by atoms with Crippen LogP contribution in [0.25, 0.3) is 0 Å². The van der Waals surface area contributed by atoms with Gasteiger partial charge in [0.15, 0.2) is 0 Å². The standard InChI is InChI=1S/C12H21N3O4/c1-4-5-8(16)6-13-9(17)7-15-10(18)12(2,3)14-11(15)19/h8,16H,4-7H2,1-3H3,(H,13,17)(H,14,19). The molecule has 0 bridgehead atoms. The number of carbonyl (C=O) groups is 3. The second-order valence-corrected chi connectivity index (χ2v) is 5.19. The SMILES string of the molecule is CCCC(O)CNC(=O)CN1C(=O)NC(C)(C)C1=O. The van der Waals surface area contributed by atoms with E-state index in [9.17, 15) is 19.5 Å². The molecule has 1 unspecified atom stereocenters. The summed E-state index contributed by atoms with van der Waals surface area (Å²) in [6.07, 6.45) is 0.808. The molecule has 19 heavy (non-hydrogen) atoms. The van der Waals surface area contributed by atoms with Crippen LogP contribution in [0.4, 0.5) is 4.79 Å². The van der Waals surface area contributed by atoms with Crippen LogP contribution >= 0.6 is 0 Å². The normalized spacial score (nSPS) is 19.3. The predicted octanol–water partition coefficient (Wildman–Crippen LogP) is -0.406. The number of hydrogen-bond donors (Lipinski definition) is 3. The fourth-order valence-electron chi connectivity index (χ4n) is 1.83. The Labute approximate surface area is 112 Å². The lowest BCUT2D eigenvalue weighted by atomic mass is 10.1. The van der Waals surface area contributed by atoms with Crippen molar-refractivity contribution < 1.29 is 19.5 Å². The minimum atomic E-state index is -0.973. The lowest BCUT2D eigenvalue weighted by Crippen LogP contribution is -2.44. The van der Waals surface area contributed by atoms with E-state index >= 15 is 0 Å². The highest BCUT2D eigenvalue weighted by Crippen LogP contribution is 2.15. The van der Waals surface area contributed by atoms with Crippen molar-refractivity contribution in [2.24, 2.45) is 0 Å². The Balaban J connectivity index is 2.45. The summed E-state index contributed by atoms with van der Waals surface area (Å²) in [7, 11) is 0. The van der Waals surface area contributed by atoms with Crippen molar-refractivity contribution in [3.8, 4) is 0 Å². The molecule has 0 aromatic carbocycles. The van der Waals surface area contributed by atoms with Crippen LogP contribution in [0.1, 0.15) is 33.6 Å². The molecular weight excluding hydrogens is 250 g/mol. The van der Waals surface area contributed by atoms with Crippen molar-refractivity contribution in [3.05, 3.63) is 0 Å². The van der Waals surface area contributed by atoms with Gasteiger partial charge in [0.1, 0.15) is 12.1 Å². The first kappa shape index (κ1) is 15.4. The quantitative estimate of drug-likeness (QED) is 0.572. The van der Waals surface area contributed by atoms with Crippen LogP contribution in [0.15, 0.2) is 0 Å². The molecule has 0 aliphatic carbocycles. The highest BCUT2D eigenvalue weighted by atomic mass is 16.3. The number of nitrogens with one attached hydrogen (secondary N) is 2. The second-order valence-electron chi connectivity index (χ2n) is 5.19. The van der Waals surface area contributed by atoms with Crippen LogP contribution in [0.2, 0.25) is 0 Å². The largest absolute Gasteiger partial charge is 0.391 e. The first-order chi connectivity index (χ1) is 8.77. The van der Waals surface area contributed by atoms with Gasteiger partial charge in [-0.05, 0) is 20.3 Å². The Morgan fingerprint density at radius 3 is 2.58 bits per heavy atom. The van der Waals surface area contributed by atoms with Crippen LogP contribution in [0, 0.1) is 0 Å². The summed E-state index contributed by atoms with van der Waals surface area (Å²) in [5, 5.41) is 14.5. The smallest absolute Gasteiger partial charge is 0.325 e. The average molecular weight is 271 g/mol. The van der Waals surface area contributed by atoms with Crippen LogP contribution in [0.3, 0.4) is 0 Å². The van der Waals surface area contributed by atoms with Gasteiger partial charge in [0.25, 0.3) is 5.91 Å². The zero-order valence-electron chi connectivity index (χ0n) is 11.5. The van der Waals surface area contributed by atoms with Crippen molar-refractivity contribution in [2.45, 2.75) is 45.3 Å². The van der Waals surface area contributed by atoms with E-state index in [0.29, 0.717) is 6.42 Å². The van der Waals surface area contributed by atoms with E-state index in [4.69, 9.17) is 0 Å². The predicted molar refractivity (Wildman–Crippen MR) is 68.2 cm³/mol. The van der Waals surface area contributed by atoms with Gasteiger partial charge < -0.3 is 15.7 Å². The molecule has 1 fully saturated rings. The molecule has 0 spiro atoms. The van der Waals surface area contributed by atoms with Gasteiger partial charge in [0.2, 0.25) is 5.91 Å². The fourth-order valence-corrected chi connectivity index (χ4v) is 1.83. The lowest BCUT2D eigenvalue weighted by Gasteiger charge is -2.16. The number of hydrogen-bond acceptors (Lipinski definition) is 4. The molecule has 1 heterocycles. The molecule has 1 atom stereocenters. The van der Waals surface area contributed by atoms with E-state index in [1.807, 2.05) is 6.92 Å². The number of imide groups is 1. The Hall–Kier alpha value is -1.63. The van der Waals surface area contributed by atoms with Crippen molar-refractivity contribution >= 4 is 17.8 Å². The van der Waals surface area contributed by atoms with Crippen LogP contribution < -0.4 is 10.6 Å². The Morgan fingerprint density at radius 2 is 2.11 bits per heavy atom. The number of nitrogens with zero attached hydrogens (tertiary/aromatic N) is 1. The van der Waals surface area contributed by atoms with Crippen LogP contribution in [-0.4, -0.2) is 52.6 Å². The van der Waals surface area contributed by atoms with Crippen molar-refractivity contribution in [1.29, 1.82) is 0 Å². The summed E-state index contributed by atoms with van der Waals surface area (Å²) in [5.41, 5.74) is -0.973. The third-order valence-corrected chi connectivity index (χ3v) is 2.90. The van der Waals surface area contributed by atoms with Crippen molar-refractivity contribution in [1.82, 2.24) is 15.5 Å². The van der Waals surface area contributed by atoms with Gasteiger partial charge in [-0.2, -0.15) is 0 Å². The molecule has 1 rings (SSSR count). The zero-order valence-corrected chi connectivity index (χ0v) is 11.5. The van der Waals surface area contributed by atoms with E-state index in [-0.39, 0.29) is 13.1 Å². The van der Waals surface area contributed by atoms with Gasteiger partial charge in [0.05, 0.1) is 6.10 Å². The Morgan fingerprint density at radius 1 is 1.47 bits per heavy atom. The first-order valence-electron chi connectivity index (χ1n) is 6.36. The molecule has 4 amide bonds. The Bertz CT molecular complexity index is 381. The van der Waals surface area contributed by atoms with Gasteiger partial charge in [-0.3, -0.25) is 14.5 Å².